The van der Waals surface area contributed by atoms with Crippen LogP contribution in [0.2, 0.25) is 0 Å². The Balaban J connectivity index is 1.51. The van der Waals surface area contributed by atoms with Crippen LogP contribution in [0.1, 0.15) is 36.4 Å². The van der Waals surface area contributed by atoms with Gasteiger partial charge in [0.2, 0.25) is 0 Å². The van der Waals surface area contributed by atoms with E-state index in [2.05, 4.69) is 0 Å². The number of amides is 2. The summed E-state index contributed by atoms with van der Waals surface area (Å²) < 4.78 is 25.9. The van der Waals surface area contributed by atoms with Gasteiger partial charge in [0.1, 0.15) is 24.2 Å². The summed E-state index contributed by atoms with van der Waals surface area (Å²) in [6, 6.07) is 14.7. The molecule has 0 radical (unpaired) electrons. The molecule has 1 fully saturated rings. The third-order valence-electron chi connectivity index (χ3n) is 6.01. The number of ether oxygens (including phenoxy) is 2. The SMILES string of the molecule is CCOC(=O)[C@@H](C)N1C(=O)S/C(=C/c2cc(C)n(-c3ccc(OCc4ccc(F)cc4)cc3)c2C)C1=O. The fraction of sp³-hybridized carbons (Fsp3) is 0.250. The van der Waals surface area contributed by atoms with Crippen LogP contribution in [0.4, 0.5) is 9.18 Å². The van der Waals surface area contributed by atoms with Crippen LogP contribution in [0.3, 0.4) is 0 Å². The van der Waals surface area contributed by atoms with Gasteiger partial charge < -0.3 is 14.0 Å². The van der Waals surface area contributed by atoms with E-state index in [9.17, 15) is 18.8 Å². The fourth-order valence-electron chi connectivity index (χ4n) is 4.09. The maximum absolute atomic E-state index is 13.1. The van der Waals surface area contributed by atoms with E-state index < -0.39 is 23.2 Å². The van der Waals surface area contributed by atoms with Crippen LogP contribution in [-0.2, 0) is 20.9 Å². The predicted molar refractivity (Wildman–Crippen MR) is 140 cm³/mol. The molecule has 192 valence electrons. The lowest BCUT2D eigenvalue weighted by Crippen LogP contribution is -2.42. The van der Waals surface area contributed by atoms with Crippen molar-refractivity contribution in [3.05, 3.63) is 87.8 Å². The van der Waals surface area contributed by atoms with E-state index in [0.29, 0.717) is 12.4 Å². The lowest BCUT2D eigenvalue weighted by Gasteiger charge is -2.19. The van der Waals surface area contributed by atoms with Crippen molar-refractivity contribution in [1.82, 2.24) is 9.47 Å². The highest BCUT2D eigenvalue weighted by Gasteiger charge is 2.41. The van der Waals surface area contributed by atoms with Crippen LogP contribution in [-0.4, -0.2) is 39.2 Å². The van der Waals surface area contributed by atoms with Gasteiger partial charge >= 0.3 is 5.97 Å². The van der Waals surface area contributed by atoms with Crippen LogP contribution < -0.4 is 4.74 Å². The van der Waals surface area contributed by atoms with Crippen molar-refractivity contribution in [1.29, 1.82) is 0 Å². The van der Waals surface area contributed by atoms with Crippen LogP contribution >= 0.6 is 11.8 Å². The van der Waals surface area contributed by atoms with Crippen molar-refractivity contribution in [2.75, 3.05) is 6.61 Å². The number of aryl methyl sites for hydroxylation is 1. The lowest BCUT2D eigenvalue weighted by molar-refractivity contribution is -0.150. The molecule has 0 aliphatic carbocycles. The second-order valence-electron chi connectivity index (χ2n) is 8.55. The van der Waals surface area contributed by atoms with Gasteiger partial charge in [0.25, 0.3) is 11.1 Å². The molecular weight excluding hydrogens is 495 g/mol. The largest absolute Gasteiger partial charge is 0.489 e. The predicted octanol–water partition coefficient (Wildman–Crippen LogP) is 5.80. The first-order valence-electron chi connectivity index (χ1n) is 11.8. The summed E-state index contributed by atoms with van der Waals surface area (Å²) in [5.74, 6) is -0.732. The maximum atomic E-state index is 13.1. The minimum atomic E-state index is -0.991. The van der Waals surface area contributed by atoms with Crippen molar-refractivity contribution in [3.8, 4) is 11.4 Å². The molecule has 1 saturated heterocycles. The highest BCUT2D eigenvalue weighted by molar-refractivity contribution is 8.18. The Hall–Kier alpha value is -3.85. The Morgan fingerprint density at radius 2 is 1.76 bits per heavy atom. The number of hydrogen-bond donors (Lipinski definition) is 0. The van der Waals surface area contributed by atoms with Crippen molar-refractivity contribution in [2.45, 2.75) is 40.3 Å². The third kappa shape index (κ3) is 5.61. The zero-order valence-electron chi connectivity index (χ0n) is 21.0. The van der Waals surface area contributed by atoms with Gasteiger partial charge in [-0.15, -0.1) is 0 Å². The Kier molecular flexibility index (Phi) is 7.83. The normalized spacial score (nSPS) is 15.4. The number of carbonyl (C=O) groups excluding carboxylic acids is 3. The van der Waals surface area contributed by atoms with E-state index >= 15 is 0 Å². The average molecular weight is 523 g/mol. The van der Waals surface area contributed by atoms with Gasteiger partial charge in [-0.1, -0.05) is 12.1 Å². The van der Waals surface area contributed by atoms with Crippen LogP contribution in [0, 0.1) is 19.7 Å². The number of benzene rings is 2. The number of thioether (sulfide) groups is 1. The van der Waals surface area contributed by atoms with Gasteiger partial charge in [0.15, 0.2) is 0 Å². The molecule has 3 aromatic rings. The van der Waals surface area contributed by atoms with Gasteiger partial charge in [-0.3, -0.25) is 14.5 Å². The molecule has 9 heteroatoms. The summed E-state index contributed by atoms with van der Waals surface area (Å²) in [7, 11) is 0. The second kappa shape index (κ2) is 11.0. The molecule has 2 aromatic carbocycles. The van der Waals surface area contributed by atoms with Gasteiger partial charge in [0, 0.05) is 17.1 Å². The quantitative estimate of drug-likeness (QED) is 0.275. The zero-order valence-corrected chi connectivity index (χ0v) is 21.8. The van der Waals surface area contributed by atoms with Crippen LogP contribution in [0.15, 0.2) is 59.5 Å². The Morgan fingerprint density at radius 1 is 1.08 bits per heavy atom. The molecule has 0 N–H and O–H groups in total. The van der Waals surface area contributed by atoms with Crippen LogP contribution in [0.5, 0.6) is 5.75 Å². The Morgan fingerprint density at radius 3 is 2.41 bits per heavy atom. The molecule has 0 unspecified atom stereocenters. The Bertz CT molecular complexity index is 1360. The monoisotopic (exact) mass is 522 g/mol. The number of esters is 1. The minimum Gasteiger partial charge on any atom is -0.489 e. The van der Waals surface area contributed by atoms with Gasteiger partial charge in [-0.25, -0.2) is 9.18 Å². The topological polar surface area (TPSA) is 77.8 Å². The van der Waals surface area contributed by atoms with E-state index in [-0.39, 0.29) is 17.3 Å². The van der Waals surface area contributed by atoms with E-state index in [1.54, 1.807) is 25.1 Å². The first-order valence-corrected chi connectivity index (χ1v) is 12.6. The molecule has 0 saturated carbocycles. The third-order valence-corrected chi connectivity index (χ3v) is 6.89. The number of halogens is 1. The van der Waals surface area contributed by atoms with Crippen molar-refractivity contribution in [2.24, 2.45) is 0 Å². The molecule has 4 rings (SSSR count). The summed E-state index contributed by atoms with van der Waals surface area (Å²) in [6.45, 7) is 7.54. The molecule has 37 heavy (non-hydrogen) atoms. The Labute approximate surface area is 218 Å². The summed E-state index contributed by atoms with van der Waals surface area (Å²) in [4.78, 5) is 38.7. The summed E-state index contributed by atoms with van der Waals surface area (Å²) in [6.07, 6.45) is 1.68. The highest BCUT2D eigenvalue weighted by Crippen LogP contribution is 2.35. The van der Waals surface area contributed by atoms with E-state index in [1.165, 1.54) is 19.1 Å². The molecule has 0 bridgehead atoms. The number of aromatic nitrogens is 1. The lowest BCUT2D eigenvalue weighted by atomic mass is 10.2. The number of carbonyl (C=O) groups is 3. The number of nitrogens with zero attached hydrogens (tertiary/aromatic N) is 2. The number of imide groups is 1. The van der Waals surface area contributed by atoms with Crippen molar-refractivity contribution >= 4 is 35.0 Å². The fourth-order valence-corrected chi connectivity index (χ4v) is 4.99. The number of rotatable bonds is 8. The summed E-state index contributed by atoms with van der Waals surface area (Å²) >= 11 is 0.811. The first-order chi connectivity index (χ1) is 17.7. The molecule has 0 spiro atoms. The molecule has 1 atom stereocenters. The zero-order chi connectivity index (χ0) is 26.7. The van der Waals surface area contributed by atoms with Crippen molar-refractivity contribution < 1.29 is 28.2 Å². The highest BCUT2D eigenvalue weighted by atomic mass is 32.2. The molecule has 1 aliphatic heterocycles. The smallest absolute Gasteiger partial charge is 0.329 e. The second-order valence-corrected chi connectivity index (χ2v) is 9.54. The average Bonchev–Trinajstić information content (AvgIpc) is 3.31. The van der Waals surface area contributed by atoms with E-state index in [1.807, 2.05) is 48.7 Å². The molecule has 2 amide bonds. The van der Waals surface area contributed by atoms with Crippen molar-refractivity contribution in [3.63, 3.8) is 0 Å². The molecule has 7 nitrogen and oxygen atoms in total. The van der Waals surface area contributed by atoms with Gasteiger partial charge in [0.05, 0.1) is 11.5 Å². The molecule has 1 aliphatic rings. The summed E-state index contributed by atoms with van der Waals surface area (Å²) in [5.41, 5.74) is 4.41. The van der Waals surface area contributed by atoms with Crippen LogP contribution in [0.25, 0.3) is 11.8 Å². The number of hydrogen-bond acceptors (Lipinski definition) is 6. The standard InChI is InChI=1S/C28H27FN2O5S/c1-5-35-27(33)19(4)31-26(32)25(37-28(31)34)15-21-14-17(2)30(18(21)3)23-10-12-24(13-11-23)36-16-20-6-8-22(29)9-7-20/h6-15,19H,5,16H2,1-4H3/b25-15+/t19-/m1/s1. The van der Waals surface area contributed by atoms with E-state index in [0.717, 1.165) is 44.9 Å². The summed E-state index contributed by atoms with van der Waals surface area (Å²) in [5, 5.41) is -0.498. The molecule has 2 heterocycles. The van der Waals surface area contributed by atoms with Gasteiger partial charge in [-0.2, -0.15) is 0 Å². The minimum absolute atomic E-state index is 0.169. The molecule has 1 aromatic heterocycles. The molecular formula is C28H27FN2O5S. The first kappa shape index (κ1) is 26.2. The maximum Gasteiger partial charge on any atom is 0.329 e. The van der Waals surface area contributed by atoms with Gasteiger partial charge in [-0.05, 0) is 99.1 Å². The van der Waals surface area contributed by atoms with E-state index in [4.69, 9.17) is 9.47 Å².